The van der Waals surface area contributed by atoms with Gasteiger partial charge in [0.1, 0.15) is 11.4 Å². The lowest BCUT2D eigenvalue weighted by Crippen LogP contribution is -2.58. The van der Waals surface area contributed by atoms with E-state index in [0.29, 0.717) is 0 Å². The predicted molar refractivity (Wildman–Crippen MR) is 112 cm³/mol. The molecular formula is C21H31N5O4. The smallest absolute Gasteiger partial charge is 0.264 e. The molecule has 0 bridgehead atoms. The topological polar surface area (TPSA) is 133 Å². The zero-order valence-corrected chi connectivity index (χ0v) is 18.0. The van der Waals surface area contributed by atoms with E-state index in [1.807, 2.05) is 51.1 Å². The third-order valence-electron chi connectivity index (χ3n) is 5.04. The van der Waals surface area contributed by atoms with Gasteiger partial charge >= 0.3 is 0 Å². The van der Waals surface area contributed by atoms with Gasteiger partial charge in [-0.15, -0.1) is 0 Å². The van der Waals surface area contributed by atoms with Crippen LogP contribution in [0.15, 0.2) is 41.7 Å². The van der Waals surface area contributed by atoms with Crippen molar-refractivity contribution < 1.29 is 19.5 Å². The average Bonchev–Trinajstić information content (AvgIpc) is 2.65. The van der Waals surface area contributed by atoms with E-state index in [-0.39, 0.29) is 37.6 Å². The molecule has 5 N–H and O–H groups in total. The summed E-state index contributed by atoms with van der Waals surface area (Å²) in [5.74, 6) is -1.83. The van der Waals surface area contributed by atoms with Crippen LogP contribution in [0.25, 0.3) is 0 Å². The summed E-state index contributed by atoms with van der Waals surface area (Å²) in [6.45, 7) is 7.30. The molecule has 30 heavy (non-hydrogen) atoms. The summed E-state index contributed by atoms with van der Waals surface area (Å²) < 4.78 is 0. The fraction of sp³-hybridized carbons (Fsp3) is 0.476. The van der Waals surface area contributed by atoms with Crippen LogP contribution in [0.4, 0.5) is 0 Å². The zero-order chi connectivity index (χ0) is 22.6. The van der Waals surface area contributed by atoms with Crippen molar-refractivity contribution in [3.05, 3.63) is 47.3 Å². The molecule has 1 aliphatic rings. The molecule has 1 aliphatic heterocycles. The number of aliphatic hydroxyl groups is 1. The predicted octanol–water partition coefficient (Wildman–Crippen LogP) is -0.0482. The summed E-state index contributed by atoms with van der Waals surface area (Å²) >= 11 is 0. The molecule has 9 heteroatoms. The number of ketones is 1. The van der Waals surface area contributed by atoms with E-state index in [4.69, 9.17) is 11.5 Å². The SMILES string of the molecule is CCN1C(=O)C(C(=O)CN(CC(N)=O)C(C)(C)C)=C(N)N(Cc2ccccc2)C1O. The largest absolute Gasteiger partial charge is 0.384 e. The minimum Gasteiger partial charge on any atom is -0.384 e. The van der Waals surface area contributed by atoms with Crippen molar-refractivity contribution in [3.8, 4) is 0 Å². The van der Waals surface area contributed by atoms with E-state index in [1.54, 1.807) is 11.8 Å². The lowest BCUT2D eigenvalue weighted by molar-refractivity contribution is -0.158. The molecule has 2 rings (SSSR count). The van der Waals surface area contributed by atoms with Crippen LogP contribution in [0, 0.1) is 0 Å². The number of rotatable bonds is 8. The average molecular weight is 418 g/mol. The maximum Gasteiger partial charge on any atom is 0.264 e. The van der Waals surface area contributed by atoms with Crippen molar-refractivity contribution >= 4 is 17.6 Å². The number of nitrogens with two attached hydrogens (primary N) is 2. The van der Waals surface area contributed by atoms with Gasteiger partial charge in [0, 0.05) is 18.6 Å². The van der Waals surface area contributed by atoms with Gasteiger partial charge < -0.3 is 21.5 Å². The van der Waals surface area contributed by atoms with Crippen LogP contribution in [0.1, 0.15) is 33.3 Å². The van der Waals surface area contributed by atoms with Crippen LogP contribution in [0.5, 0.6) is 0 Å². The fourth-order valence-corrected chi connectivity index (χ4v) is 3.28. The van der Waals surface area contributed by atoms with Crippen LogP contribution >= 0.6 is 0 Å². The summed E-state index contributed by atoms with van der Waals surface area (Å²) in [6, 6.07) is 9.30. The van der Waals surface area contributed by atoms with E-state index in [2.05, 4.69) is 0 Å². The number of carbonyl (C=O) groups is 3. The van der Waals surface area contributed by atoms with Crippen LogP contribution in [0.3, 0.4) is 0 Å². The molecule has 1 aromatic rings. The zero-order valence-electron chi connectivity index (χ0n) is 18.0. The second-order valence-electron chi connectivity index (χ2n) is 8.23. The van der Waals surface area contributed by atoms with Crippen LogP contribution in [-0.4, -0.2) is 68.9 Å². The number of hydrogen-bond acceptors (Lipinski definition) is 7. The molecule has 2 amide bonds. The molecule has 164 valence electrons. The Morgan fingerprint density at radius 1 is 1.13 bits per heavy atom. The van der Waals surface area contributed by atoms with Gasteiger partial charge in [0.25, 0.3) is 5.91 Å². The van der Waals surface area contributed by atoms with E-state index in [9.17, 15) is 19.5 Å². The molecule has 9 nitrogen and oxygen atoms in total. The second-order valence-corrected chi connectivity index (χ2v) is 8.23. The van der Waals surface area contributed by atoms with Gasteiger partial charge in [-0.3, -0.25) is 24.2 Å². The normalized spacial score (nSPS) is 17.7. The molecule has 0 aliphatic carbocycles. The third-order valence-corrected chi connectivity index (χ3v) is 5.04. The number of benzene rings is 1. The maximum atomic E-state index is 13.1. The van der Waals surface area contributed by atoms with Gasteiger partial charge in [0.05, 0.1) is 13.1 Å². The Morgan fingerprint density at radius 2 is 1.73 bits per heavy atom. The van der Waals surface area contributed by atoms with Gasteiger partial charge in [-0.25, -0.2) is 0 Å². The van der Waals surface area contributed by atoms with Crippen molar-refractivity contribution in [1.82, 2.24) is 14.7 Å². The fourth-order valence-electron chi connectivity index (χ4n) is 3.28. The molecule has 0 saturated heterocycles. The first-order valence-corrected chi connectivity index (χ1v) is 9.83. The standard InChI is InChI=1S/C21H31N5O4/c1-5-25-19(29)17(15(27)12-24(13-16(22)28)21(2,3)4)18(23)26(20(25)30)11-14-9-7-6-8-10-14/h6-10,20,30H,5,11-13,23H2,1-4H3,(H2,22,28). The Hall–Kier alpha value is -2.91. The quantitative estimate of drug-likeness (QED) is 0.505. The highest BCUT2D eigenvalue weighted by Crippen LogP contribution is 2.25. The summed E-state index contributed by atoms with van der Waals surface area (Å²) in [6.07, 6.45) is -1.29. The summed E-state index contributed by atoms with van der Waals surface area (Å²) in [7, 11) is 0. The highest BCUT2D eigenvalue weighted by Gasteiger charge is 2.40. The minimum absolute atomic E-state index is 0.0843. The van der Waals surface area contributed by atoms with Gasteiger partial charge in [-0.1, -0.05) is 30.3 Å². The summed E-state index contributed by atoms with van der Waals surface area (Å²) in [5, 5.41) is 10.7. The number of primary amides is 1. The number of nitrogens with zero attached hydrogens (tertiary/aromatic N) is 3. The van der Waals surface area contributed by atoms with Gasteiger partial charge in [0.15, 0.2) is 5.78 Å². The molecule has 1 atom stereocenters. The number of hydrogen-bond donors (Lipinski definition) is 3. The van der Waals surface area contributed by atoms with Crippen molar-refractivity contribution in [3.63, 3.8) is 0 Å². The molecular weight excluding hydrogens is 386 g/mol. The number of likely N-dealkylation sites (N-methyl/N-ethyl adjacent to an activating group) is 1. The molecule has 1 unspecified atom stereocenters. The van der Waals surface area contributed by atoms with Crippen molar-refractivity contribution in [1.29, 1.82) is 0 Å². The van der Waals surface area contributed by atoms with Gasteiger partial charge in [-0.05, 0) is 33.3 Å². The van der Waals surface area contributed by atoms with Crippen molar-refractivity contribution in [2.45, 2.75) is 46.1 Å². The Kier molecular flexibility index (Phi) is 7.22. The molecule has 1 aromatic carbocycles. The lowest BCUT2D eigenvalue weighted by Gasteiger charge is -2.42. The van der Waals surface area contributed by atoms with E-state index >= 15 is 0 Å². The molecule has 0 radical (unpaired) electrons. The minimum atomic E-state index is -1.29. The first-order valence-electron chi connectivity index (χ1n) is 9.83. The highest BCUT2D eigenvalue weighted by atomic mass is 16.3. The van der Waals surface area contributed by atoms with E-state index in [1.165, 1.54) is 9.80 Å². The third kappa shape index (κ3) is 5.17. The van der Waals surface area contributed by atoms with Crippen molar-refractivity contribution in [2.24, 2.45) is 11.5 Å². The first-order chi connectivity index (χ1) is 14.0. The summed E-state index contributed by atoms with van der Waals surface area (Å²) in [4.78, 5) is 41.7. The number of amides is 2. The van der Waals surface area contributed by atoms with Crippen LogP contribution in [0.2, 0.25) is 0 Å². The van der Waals surface area contributed by atoms with Crippen LogP contribution in [-0.2, 0) is 20.9 Å². The molecule has 1 heterocycles. The Morgan fingerprint density at radius 3 is 2.23 bits per heavy atom. The Bertz CT molecular complexity index is 832. The second kappa shape index (κ2) is 9.27. The Balaban J connectivity index is 2.41. The number of Topliss-reactive ketones (excluding diaryl/α,β-unsaturated/α-hetero) is 1. The van der Waals surface area contributed by atoms with Crippen molar-refractivity contribution in [2.75, 3.05) is 19.6 Å². The monoisotopic (exact) mass is 417 g/mol. The molecule has 0 fully saturated rings. The van der Waals surface area contributed by atoms with E-state index < -0.39 is 29.5 Å². The highest BCUT2D eigenvalue weighted by molar-refractivity contribution is 6.21. The molecule has 0 spiro atoms. The molecule has 0 aromatic heterocycles. The molecule has 0 saturated carbocycles. The summed E-state index contributed by atoms with van der Waals surface area (Å²) in [5.41, 5.74) is 11.7. The first kappa shape index (κ1) is 23.4. The van der Waals surface area contributed by atoms with Gasteiger partial charge in [-0.2, -0.15) is 0 Å². The van der Waals surface area contributed by atoms with Crippen LogP contribution < -0.4 is 11.5 Å². The maximum absolute atomic E-state index is 13.1. The lowest BCUT2D eigenvalue weighted by atomic mass is 10.0. The number of aliphatic hydroxyl groups excluding tert-OH is 1. The van der Waals surface area contributed by atoms with Gasteiger partial charge in [0.2, 0.25) is 12.3 Å². The van der Waals surface area contributed by atoms with E-state index in [0.717, 1.165) is 5.56 Å². The number of carbonyl (C=O) groups excluding carboxylic acids is 3. The Labute approximate surface area is 176 Å².